The van der Waals surface area contributed by atoms with Crippen molar-refractivity contribution in [1.29, 1.82) is 0 Å². The van der Waals surface area contributed by atoms with Gasteiger partial charge in [0, 0.05) is 16.4 Å². The van der Waals surface area contributed by atoms with Crippen LogP contribution in [0.5, 0.6) is 0 Å². The van der Waals surface area contributed by atoms with E-state index in [9.17, 15) is 0 Å². The van der Waals surface area contributed by atoms with Crippen molar-refractivity contribution in [2.24, 2.45) is 0 Å². The van der Waals surface area contributed by atoms with Gasteiger partial charge in [-0.3, -0.25) is 0 Å². The molecule has 0 aliphatic heterocycles. The maximum atomic E-state index is 6.01. The van der Waals surface area contributed by atoms with Gasteiger partial charge in [0.2, 0.25) is 0 Å². The Bertz CT molecular complexity index is 541. The molecule has 1 aromatic heterocycles. The highest BCUT2D eigenvalue weighted by Crippen LogP contribution is 2.32. The van der Waals surface area contributed by atoms with Crippen LogP contribution in [0.4, 0.5) is 0 Å². The van der Waals surface area contributed by atoms with Crippen molar-refractivity contribution < 1.29 is 0 Å². The fraction of sp³-hybridized carbons (Fsp3) is 0.308. The van der Waals surface area contributed by atoms with Crippen molar-refractivity contribution >= 4 is 34.5 Å². The number of hydrogen-bond donors (Lipinski definition) is 0. The molecule has 0 bridgehead atoms. The molecule has 0 radical (unpaired) electrons. The summed E-state index contributed by atoms with van der Waals surface area (Å²) in [4.78, 5) is 4.64. The molecule has 1 heterocycles. The Morgan fingerprint density at radius 3 is 2.35 bits per heavy atom. The van der Waals surface area contributed by atoms with Gasteiger partial charge in [0.15, 0.2) is 0 Å². The van der Waals surface area contributed by atoms with Gasteiger partial charge in [-0.25, -0.2) is 4.98 Å². The monoisotopic (exact) mass is 285 g/mol. The minimum atomic E-state index is 0.0744. The fourth-order valence-corrected chi connectivity index (χ4v) is 2.72. The van der Waals surface area contributed by atoms with Gasteiger partial charge in [-0.2, -0.15) is 0 Å². The van der Waals surface area contributed by atoms with Crippen LogP contribution in [0.15, 0.2) is 23.6 Å². The van der Waals surface area contributed by atoms with Crippen LogP contribution in [0.2, 0.25) is 10.0 Å². The standard InChI is InChI=1S/C13H13Cl2NS/c1-13(2,3)11-7-17-12(16-11)8-4-5-9(14)10(15)6-8/h4-7H,1-3H3. The molecule has 0 spiro atoms. The summed E-state index contributed by atoms with van der Waals surface area (Å²) < 4.78 is 0. The third-order valence-electron chi connectivity index (χ3n) is 2.44. The van der Waals surface area contributed by atoms with Gasteiger partial charge in [0.05, 0.1) is 15.7 Å². The SMILES string of the molecule is CC(C)(C)c1csc(-c2ccc(Cl)c(Cl)c2)n1. The molecule has 2 aromatic rings. The zero-order valence-corrected chi connectivity index (χ0v) is 12.2. The molecule has 1 nitrogen and oxygen atoms in total. The number of nitrogens with zero attached hydrogens (tertiary/aromatic N) is 1. The third kappa shape index (κ3) is 2.82. The van der Waals surface area contributed by atoms with Gasteiger partial charge >= 0.3 is 0 Å². The average molecular weight is 286 g/mol. The highest BCUT2D eigenvalue weighted by Gasteiger charge is 2.18. The van der Waals surface area contributed by atoms with Crippen molar-refractivity contribution in [3.8, 4) is 10.6 Å². The molecule has 0 N–H and O–H groups in total. The summed E-state index contributed by atoms with van der Waals surface area (Å²) in [6, 6.07) is 5.60. The lowest BCUT2D eigenvalue weighted by Gasteiger charge is -2.14. The van der Waals surface area contributed by atoms with Crippen LogP contribution in [-0.2, 0) is 5.41 Å². The molecule has 17 heavy (non-hydrogen) atoms. The predicted molar refractivity (Wildman–Crippen MR) is 76.3 cm³/mol. The largest absolute Gasteiger partial charge is 0.241 e. The van der Waals surface area contributed by atoms with E-state index in [4.69, 9.17) is 23.2 Å². The van der Waals surface area contributed by atoms with Crippen LogP contribution in [-0.4, -0.2) is 4.98 Å². The second kappa shape index (κ2) is 4.60. The quantitative estimate of drug-likeness (QED) is 0.682. The summed E-state index contributed by atoms with van der Waals surface area (Å²) in [5, 5.41) is 4.21. The van der Waals surface area contributed by atoms with E-state index in [1.807, 2.05) is 12.1 Å². The lowest BCUT2D eigenvalue weighted by Crippen LogP contribution is -2.11. The van der Waals surface area contributed by atoms with E-state index in [-0.39, 0.29) is 5.41 Å². The third-order valence-corrected chi connectivity index (χ3v) is 4.07. The Morgan fingerprint density at radius 1 is 1.12 bits per heavy atom. The van der Waals surface area contributed by atoms with Crippen LogP contribution in [0.25, 0.3) is 10.6 Å². The van der Waals surface area contributed by atoms with E-state index >= 15 is 0 Å². The molecular weight excluding hydrogens is 273 g/mol. The van der Waals surface area contributed by atoms with Gasteiger partial charge in [0.25, 0.3) is 0 Å². The molecular formula is C13H13Cl2NS. The Labute approximate surface area is 115 Å². The van der Waals surface area contributed by atoms with E-state index in [0.29, 0.717) is 10.0 Å². The Kier molecular flexibility index (Phi) is 3.48. The first-order valence-electron chi connectivity index (χ1n) is 5.29. The molecule has 90 valence electrons. The smallest absolute Gasteiger partial charge is 0.123 e. The first-order chi connectivity index (χ1) is 7.88. The van der Waals surface area contributed by atoms with E-state index in [2.05, 4.69) is 31.1 Å². The summed E-state index contributed by atoms with van der Waals surface area (Å²) in [7, 11) is 0. The van der Waals surface area contributed by atoms with Crippen LogP contribution in [0.3, 0.4) is 0 Å². The number of aromatic nitrogens is 1. The fourth-order valence-electron chi connectivity index (χ4n) is 1.38. The van der Waals surface area contributed by atoms with Crippen molar-refractivity contribution in [2.75, 3.05) is 0 Å². The lowest BCUT2D eigenvalue weighted by molar-refractivity contribution is 0.573. The number of hydrogen-bond acceptors (Lipinski definition) is 2. The minimum Gasteiger partial charge on any atom is -0.241 e. The molecule has 0 fully saturated rings. The molecule has 2 rings (SSSR count). The molecule has 0 amide bonds. The Hall–Kier alpha value is -0.570. The predicted octanol–water partition coefficient (Wildman–Crippen LogP) is 5.41. The first-order valence-corrected chi connectivity index (χ1v) is 6.93. The van der Waals surface area contributed by atoms with Crippen molar-refractivity contribution in [1.82, 2.24) is 4.98 Å². The number of benzene rings is 1. The maximum Gasteiger partial charge on any atom is 0.123 e. The molecule has 0 unspecified atom stereocenters. The molecule has 0 saturated heterocycles. The van der Waals surface area contributed by atoms with Gasteiger partial charge < -0.3 is 0 Å². The van der Waals surface area contributed by atoms with Crippen LogP contribution in [0, 0.1) is 0 Å². The van der Waals surface area contributed by atoms with Crippen molar-refractivity contribution in [3.63, 3.8) is 0 Å². The number of thiazole rings is 1. The molecule has 0 atom stereocenters. The zero-order valence-electron chi connectivity index (χ0n) is 9.92. The van der Waals surface area contributed by atoms with Crippen LogP contribution < -0.4 is 0 Å². The summed E-state index contributed by atoms with van der Waals surface area (Å²) in [5.41, 5.74) is 2.19. The Morgan fingerprint density at radius 2 is 1.82 bits per heavy atom. The van der Waals surface area contributed by atoms with Crippen LogP contribution in [0.1, 0.15) is 26.5 Å². The molecule has 0 saturated carbocycles. The summed E-state index contributed by atoms with van der Waals surface area (Å²) in [5.74, 6) is 0. The normalized spacial score (nSPS) is 11.8. The Balaban J connectivity index is 2.40. The molecule has 0 aliphatic carbocycles. The van der Waals surface area contributed by atoms with E-state index < -0.39 is 0 Å². The number of halogens is 2. The second-order valence-electron chi connectivity index (χ2n) is 4.92. The summed E-state index contributed by atoms with van der Waals surface area (Å²) in [6.45, 7) is 6.46. The van der Waals surface area contributed by atoms with E-state index in [1.165, 1.54) is 0 Å². The molecule has 0 aliphatic rings. The summed E-state index contributed by atoms with van der Waals surface area (Å²) in [6.07, 6.45) is 0. The summed E-state index contributed by atoms with van der Waals surface area (Å²) >= 11 is 13.5. The zero-order chi connectivity index (χ0) is 12.6. The van der Waals surface area contributed by atoms with Crippen LogP contribution >= 0.6 is 34.5 Å². The van der Waals surface area contributed by atoms with Crippen molar-refractivity contribution in [3.05, 3.63) is 39.3 Å². The maximum absolute atomic E-state index is 6.01. The topological polar surface area (TPSA) is 12.9 Å². The highest BCUT2D eigenvalue weighted by molar-refractivity contribution is 7.13. The van der Waals surface area contributed by atoms with Gasteiger partial charge in [-0.1, -0.05) is 50.0 Å². The van der Waals surface area contributed by atoms with E-state index in [1.54, 1.807) is 17.4 Å². The minimum absolute atomic E-state index is 0.0744. The van der Waals surface area contributed by atoms with Gasteiger partial charge in [-0.05, 0) is 12.1 Å². The van der Waals surface area contributed by atoms with Gasteiger partial charge in [0.1, 0.15) is 5.01 Å². The van der Waals surface area contributed by atoms with Gasteiger partial charge in [-0.15, -0.1) is 11.3 Å². The van der Waals surface area contributed by atoms with E-state index in [0.717, 1.165) is 16.3 Å². The second-order valence-corrected chi connectivity index (χ2v) is 6.59. The molecule has 1 aromatic carbocycles. The lowest BCUT2D eigenvalue weighted by atomic mass is 9.93. The highest BCUT2D eigenvalue weighted by atomic mass is 35.5. The average Bonchev–Trinajstić information content (AvgIpc) is 2.70. The number of rotatable bonds is 1. The van der Waals surface area contributed by atoms with Crippen molar-refractivity contribution in [2.45, 2.75) is 26.2 Å². The molecule has 4 heteroatoms. The first kappa shape index (κ1) is 12.9.